The molecule has 9 heteroatoms. The molecule has 1 amide bonds. The zero-order valence-corrected chi connectivity index (χ0v) is 18.0. The average molecular weight is 524 g/mol. The van der Waals surface area contributed by atoms with Crippen molar-refractivity contribution < 1.29 is 23.8 Å². The van der Waals surface area contributed by atoms with E-state index >= 15 is 0 Å². The van der Waals surface area contributed by atoms with Gasteiger partial charge < -0.3 is 15.2 Å². The van der Waals surface area contributed by atoms with E-state index in [1.165, 1.54) is 6.92 Å². The third-order valence-corrected chi connectivity index (χ3v) is 4.80. The topological polar surface area (TPSA) is 75.6 Å². The molecule has 0 aliphatic heterocycles. The number of nitrogens with one attached hydrogen (secondary N) is 1. The lowest BCUT2D eigenvalue weighted by Crippen LogP contribution is -2.17. The average Bonchev–Trinajstić information content (AvgIpc) is 2.52. The normalized spacial score (nSPS) is 11.7. The number of carbonyl (C=O) groups is 2. The number of anilines is 1. The fraction of sp³-hybridized carbons (Fsp3) is 0.222. The highest BCUT2D eigenvalue weighted by Crippen LogP contribution is 2.36. The summed E-state index contributed by atoms with van der Waals surface area (Å²) in [5.41, 5.74) is 1.81. The second-order valence-corrected chi connectivity index (χ2v) is 7.86. The number of rotatable bonds is 7. The van der Waals surface area contributed by atoms with Crippen molar-refractivity contribution in [2.45, 2.75) is 26.1 Å². The van der Waals surface area contributed by atoms with E-state index in [2.05, 4.69) is 37.2 Å². The minimum absolute atomic E-state index is 0.171. The molecule has 1 unspecified atom stereocenters. The van der Waals surface area contributed by atoms with Crippen molar-refractivity contribution in [2.24, 2.45) is 0 Å². The van der Waals surface area contributed by atoms with E-state index in [1.807, 2.05) is 0 Å². The van der Waals surface area contributed by atoms with Crippen LogP contribution in [0.5, 0.6) is 5.75 Å². The van der Waals surface area contributed by atoms with E-state index in [0.717, 1.165) is 5.56 Å². The molecule has 2 N–H and O–H groups in total. The number of aliphatic carboxylic acids is 1. The van der Waals surface area contributed by atoms with Crippen molar-refractivity contribution in [3.8, 4) is 5.75 Å². The van der Waals surface area contributed by atoms with Gasteiger partial charge >= 0.3 is 5.97 Å². The lowest BCUT2D eigenvalue weighted by atomic mass is 10.1. The van der Waals surface area contributed by atoms with Crippen LogP contribution in [0.25, 0.3) is 0 Å². The van der Waals surface area contributed by atoms with Gasteiger partial charge in [-0.15, -0.1) is 0 Å². The molecule has 0 aliphatic rings. The van der Waals surface area contributed by atoms with Crippen LogP contribution >= 0.6 is 43.5 Å². The van der Waals surface area contributed by atoms with E-state index in [0.29, 0.717) is 31.0 Å². The molecule has 0 spiro atoms. The lowest BCUT2D eigenvalue weighted by Gasteiger charge is -2.14. The van der Waals surface area contributed by atoms with Gasteiger partial charge in [0, 0.05) is 24.1 Å². The van der Waals surface area contributed by atoms with Gasteiger partial charge in [-0.2, -0.15) is 0 Å². The summed E-state index contributed by atoms with van der Waals surface area (Å²) in [6.45, 7) is 1.57. The van der Waals surface area contributed by atoms with Crippen LogP contribution in [0.2, 0.25) is 5.02 Å². The molecule has 2 aromatic carbocycles. The quantitative estimate of drug-likeness (QED) is 0.512. The number of hydrogen-bond acceptors (Lipinski definition) is 3. The van der Waals surface area contributed by atoms with Gasteiger partial charge in [0.05, 0.1) is 8.95 Å². The van der Waals surface area contributed by atoms with Crippen LogP contribution in [0.15, 0.2) is 39.3 Å². The maximum Gasteiger partial charge on any atom is 0.338 e. The van der Waals surface area contributed by atoms with Crippen molar-refractivity contribution >= 4 is 61.0 Å². The number of ether oxygens (including phenoxy) is 1. The summed E-state index contributed by atoms with van der Waals surface area (Å²) in [6, 6.07) is 8.29. The summed E-state index contributed by atoms with van der Waals surface area (Å²) in [4.78, 5) is 21.9. The minimum atomic E-state index is -1.98. The van der Waals surface area contributed by atoms with Gasteiger partial charge in [0.2, 0.25) is 12.1 Å². The van der Waals surface area contributed by atoms with Crippen molar-refractivity contribution in [1.82, 2.24) is 0 Å². The maximum atomic E-state index is 13.4. The molecule has 2 rings (SSSR count). The van der Waals surface area contributed by atoms with Gasteiger partial charge in [0.25, 0.3) is 0 Å². The molecular formula is C18H15Br2ClFNO4. The van der Waals surface area contributed by atoms with Gasteiger partial charge in [-0.1, -0.05) is 11.6 Å². The number of carboxylic acid groups (broad SMARTS) is 1. The first-order chi connectivity index (χ1) is 12.7. The van der Waals surface area contributed by atoms with Gasteiger partial charge in [0.1, 0.15) is 12.4 Å². The van der Waals surface area contributed by atoms with Crippen LogP contribution in [0.4, 0.5) is 10.1 Å². The van der Waals surface area contributed by atoms with E-state index < -0.39 is 12.1 Å². The van der Waals surface area contributed by atoms with E-state index in [4.69, 9.17) is 21.4 Å². The third-order valence-electron chi connectivity index (χ3n) is 3.40. The number of amides is 1. The number of hydrogen-bond donors (Lipinski definition) is 2. The van der Waals surface area contributed by atoms with Crippen molar-refractivity contribution in [1.29, 1.82) is 0 Å². The summed E-state index contributed by atoms with van der Waals surface area (Å²) in [6.07, 6.45) is -2.23. The minimum Gasteiger partial charge on any atom is -0.487 e. The molecule has 0 radical (unpaired) electrons. The molecule has 0 bridgehead atoms. The third kappa shape index (κ3) is 6.48. The Hall–Kier alpha value is -1.64. The highest BCUT2D eigenvalue weighted by Gasteiger charge is 2.18. The zero-order chi connectivity index (χ0) is 20.1. The smallest absolute Gasteiger partial charge is 0.338 e. The number of benzene rings is 2. The Balaban J connectivity index is 2.15. The van der Waals surface area contributed by atoms with Crippen molar-refractivity contribution in [3.63, 3.8) is 0 Å². The molecule has 27 heavy (non-hydrogen) atoms. The fourth-order valence-corrected chi connectivity index (χ4v) is 4.09. The SMILES string of the molecule is CC(=O)Nc1cc(Cl)cc(COc2c(Br)cc(CC(F)C(=O)O)cc2Br)c1. The number of carboxylic acids is 1. The molecule has 1 atom stereocenters. The van der Waals surface area contributed by atoms with E-state index in [-0.39, 0.29) is 18.9 Å². The monoisotopic (exact) mass is 521 g/mol. The zero-order valence-electron chi connectivity index (χ0n) is 14.1. The van der Waals surface area contributed by atoms with Crippen molar-refractivity contribution in [2.75, 3.05) is 5.32 Å². The van der Waals surface area contributed by atoms with Crippen LogP contribution in [0.3, 0.4) is 0 Å². The van der Waals surface area contributed by atoms with E-state index in [1.54, 1.807) is 30.3 Å². The van der Waals surface area contributed by atoms with Gasteiger partial charge in [0.15, 0.2) is 0 Å². The van der Waals surface area contributed by atoms with Gasteiger partial charge in [-0.25, -0.2) is 9.18 Å². The summed E-state index contributed by atoms with van der Waals surface area (Å²) in [5, 5.41) is 11.8. The summed E-state index contributed by atoms with van der Waals surface area (Å²) < 4.78 is 20.3. The number of carbonyl (C=O) groups excluding carboxylic acids is 1. The number of halogens is 4. The molecular weight excluding hydrogens is 508 g/mol. The molecule has 0 saturated carbocycles. The first-order valence-corrected chi connectivity index (χ1v) is 9.66. The predicted molar refractivity (Wildman–Crippen MR) is 108 cm³/mol. The Bertz CT molecular complexity index is 855. The standard InChI is InChI=1S/C18H15Br2ClFNO4/c1-9(24)23-13-3-11(2-12(21)7-13)8-27-17-14(19)4-10(5-15(17)20)6-16(22)18(25)26/h2-5,7,16H,6,8H2,1H3,(H,23,24)(H,25,26). The van der Waals surface area contributed by atoms with Crippen LogP contribution in [-0.2, 0) is 22.6 Å². The van der Waals surface area contributed by atoms with Crippen LogP contribution in [0.1, 0.15) is 18.1 Å². The summed E-state index contributed by atoms with van der Waals surface area (Å²) in [7, 11) is 0. The second-order valence-electron chi connectivity index (χ2n) is 5.72. The molecule has 0 aromatic heterocycles. The number of alkyl halides is 1. The molecule has 5 nitrogen and oxygen atoms in total. The predicted octanol–water partition coefficient (Wildman–Crippen LogP) is 5.37. The lowest BCUT2D eigenvalue weighted by molar-refractivity contribution is -0.142. The Kier molecular flexibility index (Phi) is 7.64. The summed E-state index contributed by atoms with van der Waals surface area (Å²) in [5.74, 6) is -1.23. The Morgan fingerprint density at radius 3 is 2.37 bits per heavy atom. The van der Waals surface area contributed by atoms with Gasteiger partial charge in [-0.3, -0.25) is 4.79 Å². The maximum absolute atomic E-state index is 13.4. The molecule has 0 saturated heterocycles. The first kappa shape index (κ1) is 21.7. The Morgan fingerprint density at radius 1 is 1.19 bits per heavy atom. The molecule has 0 aliphatic carbocycles. The molecule has 0 heterocycles. The second kappa shape index (κ2) is 9.52. The molecule has 0 fully saturated rings. The van der Waals surface area contributed by atoms with E-state index in [9.17, 15) is 14.0 Å². The first-order valence-electron chi connectivity index (χ1n) is 7.70. The van der Waals surface area contributed by atoms with Gasteiger partial charge in [-0.05, 0) is 73.3 Å². The molecule has 144 valence electrons. The Labute approximate surface area is 177 Å². The highest BCUT2D eigenvalue weighted by molar-refractivity contribution is 9.11. The van der Waals surface area contributed by atoms with Crippen LogP contribution in [-0.4, -0.2) is 23.2 Å². The van der Waals surface area contributed by atoms with Crippen LogP contribution < -0.4 is 10.1 Å². The highest BCUT2D eigenvalue weighted by atomic mass is 79.9. The fourth-order valence-electron chi connectivity index (χ4n) is 2.33. The Morgan fingerprint density at radius 2 is 1.81 bits per heavy atom. The molecule has 2 aromatic rings. The van der Waals surface area contributed by atoms with Crippen molar-refractivity contribution in [3.05, 3.63) is 55.4 Å². The largest absolute Gasteiger partial charge is 0.487 e. The summed E-state index contributed by atoms with van der Waals surface area (Å²) >= 11 is 12.8. The van der Waals surface area contributed by atoms with Crippen LogP contribution in [0, 0.1) is 0 Å².